The van der Waals surface area contributed by atoms with Crippen LogP contribution in [0.2, 0.25) is 0 Å². The first kappa shape index (κ1) is 10.9. The van der Waals surface area contributed by atoms with E-state index in [0.717, 1.165) is 13.1 Å². The van der Waals surface area contributed by atoms with E-state index in [1.54, 1.807) is 0 Å². The maximum absolute atomic E-state index is 3.33. The second-order valence-electron chi connectivity index (χ2n) is 3.81. The Morgan fingerprint density at radius 3 is 2.18 bits per heavy atom. The molecule has 0 aliphatic rings. The molecule has 0 amide bonds. The Kier molecular flexibility index (Phi) is 4.69. The second kappa shape index (κ2) is 4.73. The Labute approximate surface area is 71.0 Å². The summed E-state index contributed by atoms with van der Waals surface area (Å²) in [6, 6.07) is 0. The largest absolute Gasteiger partial charge is 0.317 e. The Balaban J connectivity index is 3.55. The van der Waals surface area contributed by atoms with Gasteiger partial charge in [-0.2, -0.15) is 0 Å². The Bertz CT molecular complexity index is 97.7. The molecule has 11 heavy (non-hydrogen) atoms. The molecule has 2 heteroatoms. The highest BCUT2D eigenvalue weighted by molar-refractivity contribution is 4.77. The summed E-state index contributed by atoms with van der Waals surface area (Å²) >= 11 is 0. The summed E-state index contributed by atoms with van der Waals surface area (Å²) in [5, 5.41) is 3.33. The van der Waals surface area contributed by atoms with E-state index >= 15 is 0 Å². The van der Waals surface area contributed by atoms with Gasteiger partial charge in [-0.1, -0.05) is 6.92 Å². The predicted molar refractivity (Wildman–Crippen MR) is 50.9 cm³/mol. The number of nitrogens with zero attached hydrogens (tertiary/aromatic N) is 1. The van der Waals surface area contributed by atoms with Gasteiger partial charge in [0.05, 0.1) is 0 Å². The number of hydrogen-bond donors (Lipinski definition) is 1. The molecular weight excluding hydrogens is 136 g/mol. The minimum absolute atomic E-state index is 0.322. The van der Waals surface area contributed by atoms with Crippen LogP contribution < -0.4 is 5.32 Å². The van der Waals surface area contributed by atoms with Crippen molar-refractivity contribution >= 4 is 0 Å². The molecule has 0 bridgehead atoms. The van der Waals surface area contributed by atoms with Crippen molar-refractivity contribution in [1.29, 1.82) is 0 Å². The Hall–Kier alpha value is -0.0800. The minimum atomic E-state index is 0.322. The second-order valence-corrected chi connectivity index (χ2v) is 3.81. The number of nitrogens with one attached hydrogen (secondary N) is 1. The van der Waals surface area contributed by atoms with Crippen molar-refractivity contribution in [3.05, 3.63) is 0 Å². The molecular formula is C9H22N2. The molecule has 0 saturated heterocycles. The molecule has 0 radical (unpaired) electrons. The van der Waals surface area contributed by atoms with Crippen molar-refractivity contribution in [2.75, 3.05) is 27.2 Å². The highest BCUT2D eigenvalue weighted by Crippen LogP contribution is 2.13. The van der Waals surface area contributed by atoms with Crippen molar-refractivity contribution < 1.29 is 0 Å². The van der Waals surface area contributed by atoms with E-state index in [0.29, 0.717) is 5.54 Å². The van der Waals surface area contributed by atoms with E-state index < -0.39 is 0 Å². The van der Waals surface area contributed by atoms with Crippen LogP contribution in [0.25, 0.3) is 0 Å². The van der Waals surface area contributed by atoms with Gasteiger partial charge >= 0.3 is 0 Å². The summed E-state index contributed by atoms with van der Waals surface area (Å²) in [4.78, 5) is 2.27. The van der Waals surface area contributed by atoms with Gasteiger partial charge in [-0.15, -0.1) is 0 Å². The average molecular weight is 158 g/mol. The van der Waals surface area contributed by atoms with E-state index in [9.17, 15) is 0 Å². The molecule has 2 nitrogen and oxygen atoms in total. The zero-order valence-corrected chi connectivity index (χ0v) is 8.57. The van der Waals surface area contributed by atoms with Crippen LogP contribution in [-0.4, -0.2) is 37.6 Å². The fourth-order valence-corrected chi connectivity index (χ4v) is 0.795. The Morgan fingerprint density at radius 1 is 1.27 bits per heavy atom. The van der Waals surface area contributed by atoms with Gasteiger partial charge in [0.2, 0.25) is 0 Å². The van der Waals surface area contributed by atoms with Gasteiger partial charge in [0.15, 0.2) is 0 Å². The predicted octanol–water partition coefficient (Wildman–Crippen LogP) is 1.33. The molecule has 0 aliphatic carbocycles. The molecule has 0 spiro atoms. The van der Waals surface area contributed by atoms with Gasteiger partial charge in [-0.05, 0) is 47.5 Å². The lowest BCUT2D eigenvalue weighted by Gasteiger charge is -2.32. The molecule has 0 saturated carbocycles. The third-order valence-corrected chi connectivity index (χ3v) is 2.37. The fourth-order valence-electron chi connectivity index (χ4n) is 0.795. The van der Waals surface area contributed by atoms with Gasteiger partial charge in [0.1, 0.15) is 0 Å². The maximum Gasteiger partial charge on any atom is 0.0159 e. The van der Waals surface area contributed by atoms with E-state index in [2.05, 4.69) is 45.1 Å². The molecule has 0 unspecified atom stereocenters. The third kappa shape index (κ3) is 4.38. The molecule has 0 aromatic heterocycles. The van der Waals surface area contributed by atoms with Gasteiger partial charge < -0.3 is 10.2 Å². The molecule has 68 valence electrons. The lowest BCUT2D eigenvalue weighted by Crippen LogP contribution is -2.40. The average Bonchev–Trinajstić information content (AvgIpc) is 1.88. The molecule has 0 aromatic rings. The van der Waals surface area contributed by atoms with Gasteiger partial charge in [0.25, 0.3) is 0 Å². The van der Waals surface area contributed by atoms with Crippen LogP contribution in [0.5, 0.6) is 0 Å². The Morgan fingerprint density at radius 2 is 1.82 bits per heavy atom. The zero-order valence-electron chi connectivity index (χ0n) is 8.57. The van der Waals surface area contributed by atoms with Crippen LogP contribution in [-0.2, 0) is 0 Å². The van der Waals surface area contributed by atoms with Crippen molar-refractivity contribution in [3.63, 3.8) is 0 Å². The minimum Gasteiger partial charge on any atom is -0.317 e. The first-order valence-electron chi connectivity index (χ1n) is 4.39. The van der Waals surface area contributed by atoms with Crippen LogP contribution >= 0.6 is 0 Å². The van der Waals surface area contributed by atoms with Gasteiger partial charge in [0, 0.05) is 5.54 Å². The summed E-state index contributed by atoms with van der Waals surface area (Å²) in [5.41, 5.74) is 0.322. The van der Waals surface area contributed by atoms with Crippen LogP contribution in [0, 0.1) is 0 Å². The number of rotatable bonds is 5. The van der Waals surface area contributed by atoms with Crippen molar-refractivity contribution in [2.24, 2.45) is 0 Å². The fraction of sp³-hybridized carbons (Fsp3) is 1.00. The highest BCUT2D eigenvalue weighted by Gasteiger charge is 2.18. The molecule has 1 N–H and O–H groups in total. The molecule has 0 aromatic carbocycles. The van der Waals surface area contributed by atoms with Gasteiger partial charge in [-0.3, -0.25) is 0 Å². The summed E-state index contributed by atoms with van der Waals surface area (Å²) in [7, 11) is 4.26. The van der Waals surface area contributed by atoms with Crippen LogP contribution in [0.1, 0.15) is 27.2 Å². The van der Waals surface area contributed by atoms with Gasteiger partial charge in [-0.25, -0.2) is 0 Å². The SMILES string of the molecule is CCNCCC(C)(C)N(C)C. The maximum atomic E-state index is 3.33. The van der Waals surface area contributed by atoms with Crippen molar-refractivity contribution in [3.8, 4) is 0 Å². The third-order valence-electron chi connectivity index (χ3n) is 2.37. The van der Waals surface area contributed by atoms with Crippen LogP contribution in [0.15, 0.2) is 0 Å². The lowest BCUT2D eigenvalue weighted by molar-refractivity contribution is 0.181. The molecule has 0 atom stereocenters. The topological polar surface area (TPSA) is 15.3 Å². The summed E-state index contributed by atoms with van der Waals surface area (Å²) < 4.78 is 0. The van der Waals surface area contributed by atoms with Crippen LogP contribution in [0.3, 0.4) is 0 Å². The molecule has 0 rings (SSSR count). The number of hydrogen-bond acceptors (Lipinski definition) is 2. The van der Waals surface area contributed by atoms with Crippen molar-refractivity contribution in [1.82, 2.24) is 10.2 Å². The molecule has 0 aliphatic heterocycles. The first-order valence-corrected chi connectivity index (χ1v) is 4.39. The normalized spacial score (nSPS) is 12.5. The van der Waals surface area contributed by atoms with E-state index in [1.807, 2.05) is 0 Å². The standard InChI is InChI=1S/C9H22N2/c1-6-10-8-7-9(2,3)11(4)5/h10H,6-8H2,1-5H3. The van der Waals surface area contributed by atoms with E-state index in [1.165, 1.54) is 6.42 Å². The zero-order chi connectivity index (χ0) is 8.91. The lowest BCUT2D eigenvalue weighted by atomic mass is 9.99. The van der Waals surface area contributed by atoms with Crippen molar-refractivity contribution in [2.45, 2.75) is 32.7 Å². The molecule has 0 heterocycles. The van der Waals surface area contributed by atoms with E-state index in [-0.39, 0.29) is 0 Å². The molecule has 0 fully saturated rings. The van der Waals surface area contributed by atoms with E-state index in [4.69, 9.17) is 0 Å². The first-order chi connectivity index (χ1) is 5.00. The summed E-state index contributed by atoms with van der Waals surface area (Å²) in [6.45, 7) is 8.86. The summed E-state index contributed by atoms with van der Waals surface area (Å²) in [5.74, 6) is 0. The monoisotopic (exact) mass is 158 g/mol. The summed E-state index contributed by atoms with van der Waals surface area (Å²) in [6.07, 6.45) is 1.20. The quantitative estimate of drug-likeness (QED) is 0.607. The van der Waals surface area contributed by atoms with Crippen LogP contribution in [0.4, 0.5) is 0 Å². The highest BCUT2D eigenvalue weighted by atomic mass is 15.1. The smallest absolute Gasteiger partial charge is 0.0159 e.